The number of hydrogen-bond acceptors (Lipinski definition) is 6. The SMILES string of the molecule is CC1COCCN1c1cc(N2CCN(S(=O)(=O)C3CC3)CC2C(F)(F)F)[nH]c(=O)c1. The summed E-state index contributed by atoms with van der Waals surface area (Å²) in [6.07, 6.45) is -3.67. The summed E-state index contributed by atoms with van der Waals surface area (Å²) in [6.45, 7) is 2.49. The van der Waals surface area contributed by atoms with Gasteiger partial charge in [0, 0.05) is 50.0 Å². The van der Waals surface area contributed by atoms with Crippen LogP contribution in [0.3, 0.4) is 0 Å². The molecule has 1 aliphatic carbocycles. The van der Waals surface area contributed by atoms with Gasteiger partial charge in [0.25, 0.3) is 5.56 Å². The molecule has 2 unspecified atom stereocenters. The molecule has 1 saturated carbocycles. The zero-order chi connectivity index (χ0) is 21.7. The van der Waals surface area contributed by atoms with Crippen molar-refractivity contribution in [2.24, 2.45) is 0 Å². The van der Waals surface area contributed by atoms with Gasteiger partial charge < -0.3 is 19.5 Å². The Hall–Kier alpha value is -1.79. The average Bonchev–Trinajstić information content (AvgIpc) is 3.52. The highest BCUT2D eigenvalue weighted by atomic mass is 32.2. The molecule has 168 valence electrons. The maximum absolute atomic E-state index is 13.9. The third-order valence-electron chi connectivity index (χ3n) is 5.85. The molecule has 0 spiro atoms. The number of halogens is 3. The van der Waals surface area contributed by atoms with Crippen molar-refractivity contribution in [3.8, 4) is 0 Å². The minimum atomic E-state index is -4.66. The predicted octanol–water partition coefficient (Wildman–Crippen LogP) is 1.15. The zero-order valence-electron chi connectivity index (χ0n) is 16.6. The molecular formula is C18H25F3N4O4S. The average molecular weight is 450 g/mol. The molecule has 3 fully saturated rings. The van der Waals surface area contributed by atoms with Gasteiger partial charge in [-0.1, -0.05) is 0 Å². The fraction of sp³-hybridized carbons (Fsp3) is 0.722. The Balaban J connectivity index is 1.64. The molecule has 0 aromatic carbocycles. The van der Waals surface area contributed by atoms with Crippen molar-refractivity contribution in [2.45, 2.75) is 43.3 Å². The first-order valence-electron chi connectivity index (χ1n) is 9.98. The van der Waals surface area contributed by atoms with Gasteiger partial charge in [0.05, 0.1) is 18.5 Å². The number of sulfonamides is 1. The Kier molecular flexibility index (Phi) is 5.52. The molecule has 0 bridgehead atoms. The monoisotopic (exact) mass is 450 g/mol. The van der Waals surface area contributed by atoms with Crippen molar-refractivity contribution in [1.29, 1.82) is 0 Å². The molecule has 8 nitrogen and oxygen atoms in total. The fourth-order valence-electron chi connectivity index (χ4n) is 4.08. The number of H-pyrrole nitrogens is 1. The molecule has 12 heteroatoms. The maximum atomic E-state index is 13.9. The van der Waals surface area contributed by atoms with Crippen LogP contribution >= 0.6 is 0 Å². The van der Waals surface area contributed by atoms with Crippen molar-refractivity contribution in [2.75, 3.05) is 49.2 Å². The third kappa shape index (κ3) is 4.17. The maximum Gasteiger partial charge on any atom is 0.410 e. The number of rotatable bonds is 4. The third-order valence-corrected chi connectivity index (χ3v) is 8.22. The summed E-state index contributed by atoms with van der Waals surface area (Å²) < 4.78 is 73.0. The predicted molar refractivity (Wildman–Crippen MR) is 105 cm³/mol. The minimum absolute atomic E-state index is 0.0210. The van der Waals surface area contributed by atoms with Crippen LogP contribution < -0.4 is 15.4 Å². The van der Waals surface area contributed by atoms with Crippen LogP contribution in [0.25, 0.3) is 0 Å². The molecule has 2 aliphatic heterocycles. The van der Waals surface area contributed by atoms with Gasteiger partial charge in [-0.05, 0) is 19.8 Å². The van der Waals surface area contributed by atoms with Crippen LogP contribution in [0.5, 0.6) is 0 Å². The van der Waals surface area contributed by atoms with E-state index in [0.717, 1.165) is 9.21 Å². The Labute approximate surface area is 172 Å². The summed E-state index contributed by atoms with van der Waals surface area (Å²) >= 11 is 0. The van der Waals surface area contributed by atoms with Crippen LogP contribution in [0, 0.1) is 0 Å². The van der Waals surface area contributed by atoms with E-state index in [-0.39, 0.29) is 24.9 Å². The number of nitrogens with one attached hydrogen (secondary N) is 1. The molecular weight excluding hydrogens is 425 g/mol. The molecule has 1 aromatic rings. The second kappa shape index (κ2) is 7.72. The number of nitrogens with zero attached hydrogens (tertiary/aromatic N) is 3. The van der Waals surface area contributed by atoms with Crippen LogP contribution in [0.1, 0.15) is 19.8 Å². The number of anilines is 2. The van der Waals surface area contributed by atoms with Gasteiger partial charge >= 0.3 is 6.18 Å². The van der Waals surface area contributed by atoms with Crippen molar-refractivity contribution in [3.05, 3.63) is 22.5 Å². The smallest absolute Gasteiger partial charge is 0.377 e. The van der Waals surface area contributed by atoms with E-state index in [2.05, 4.69) is 4.98 Å². The van der Waals surface area contributed by atoms with Gasteiger partial charge in [-0.3, -0.25) is 4.79 Å². The van der Waals surface area contributed by atoms with E-state index < -0.39 is 39.6 Å². The largest absolute Gasteiger partial charge is 0.410 e. The zero-order valence-corrected chi connectivity index (χ0v) is 17.4. The summed E-state index contributed by atoms with van der Waals surface area (Å²) in [5.41, 5.74) is 0.0219. The molecule has 3 aliphatic rings. The number of ether oxygens (including phenoxy) is 1. The van der Waals surface area contributed by atoms with Crippen LogP contribution in [-0.4, -0.2) is 80.6 Å². The number of piperazine rings is 1. The highest BCUT2D eigenvalue weighted by Crippen LogP contribution is 2.36. The van der Waals surface area contributed by atoms with Crippen LogP contribution in [-0.2, 0) is 14.8 Å². The van der Waals surface area contributed by atoms with E-state index in [4.69, 9.17) is 4.74 Å². The van der Waals surface area contributed by atoms with E-state index in [1.165, 1.54) is 12.1 Å². The first-order valence-corrected chi connectivity index (χ1v) is 11.5. The number of pyridine rings is 1. The van der Waals surface area contributed by atoms with Crippen molar-refractivity contribution >= 4 is 21.5 Å². The van der Waals surface area contributed by atoms with E-state index in [9.17, 15) is 26.4 Å². The normalized spacial score (nSPS) is 26.8. The standard InChI is InChI=1S/C18H25F3N4O4S/c1-12-11-29-7-6-24(12)13-8-16(22-17(26)9-13)25-5-4-23(10-15(25)18(19,20)21)30(27,28)14-2-3-14/h8-9,12,14-15H,2-7,10-11H2,1H3,(H,22,26). The minimum Gasteiger partial charge on any atom is -0.377 e. The Morgan fingerprint density at radius 2 is 1.87 bits per heavy atom. The topological polar surface area (TPSA) is 85.9 Å². The number of aromatic amines is 1. The van der Waals surface area contributed by atoms with Gasteiger partial charge in [0.2, 0.25) is 10.0 Å². The fourth-order valence-corrected chi connectivity index (χ4v) is 5.92. The molecule has 30 heavy (non-hydrogen) atoms. The quantitative estimate of drug-likeness (QED) is 0.741. The summed E-state index contributed by atoms with van der Waals surface area (Å²) in [6, 6.07) is 0.842. The molecule has 2 atom stereocenters. The Bertz CT molecular complexity index is 947. The molecule has 4 rings (SSSR count). The van der Waals surface area contributed by atoms with Gasteiger partial charge in [-0.25, -0.2) is 8.42 Å². The lowest BCUT2D eigenvalue weighted by atomic mass is 10.1. The number of alkyl halides is 3. The highest BCUT2D eigenvalue weighted by molar-refractivity contribution is 7.90. The lowest BCUT2D eigenvalue weighted by molar-refractivity contribution is -0.153. The molecule has 0 radical (unpaired) electrons. The van der Waals surface area contributed by atoms with Crippen LogP contribution in [0.15, 0.2) is 16.9 Å². The van der Waals surface area contributed by atoms with E-state index >= 15 is 0 Å². The van der Waals surface area contributed by atoms with Crippen molar-refractivity contribution in [3.63, 3.8) is 0 Å². The van der Waals surface area contributed by atoms with E-state index in [1.54, 1.807) is 0 Å². The number of aromatic nitrogens is 1. The first-order chi connectivity index (χ1) is 14.1. The summed E-state index contributed by atoms with van der Waals surface area (Å²) in [5.74, 6) is 0.0435. The summed E-state index contributed by atoms with van der Waals surface area (Å²) in [4.78, 5) is 17.8. The second-order valence-electron chi connectivity index (χ2n) is 8.06. The van der Waals surface area contributed by atoms with Gasteiger partial charge in [0.15, 0.2) is 0 Å². The molecule has 2 saturated heterocycles. The molecule has 3 heterocycles. The highest BCUT2D eigenvalue weighted by Gasteiger charge is 2.51. The van der Waals surface area contributed by atoms with E-state index in [0.29, 0.717) is 38.3 Å². The Morgan fingerprint density at radius 3 is 2.50 bits per heavy atom. The van der Waals surface area contributed by atoms with Crippen molar-refractivity contribution in [1.82, 2.24) is 9.29 Å². The lowest BCUT2D eigenvalue weighted by Crippen LogP contribution is -2.61. The summed E-state index contributed by atoms with van der Waals surface area (Å²) in [5, 5.41) is -0.566. The van der Waals surface area contributed by atoms with Gasteiger partial charge in [-0.15, -0.1) is 0 Å². The molecule has 1 aromatic heterocycles. The first kappa shape index (κ1) is 21.4. The van der Waals surface area contributed by atoms with Crippen LogP contribution in [0.2, 0.25) is 0 Å². The molecule has 0 amide bonds. The lowest BCUT2D eigenvalue weighted by Gasteiger charge is -2.42. The second-order valence-corrected chi connectivity index (χ2v) is 10.3. The number of hydrogen-bond donors (Lipinski definition) is 1. The van der Waals surface area contributed by atoms with Crippen LogP contribution in [0.4, 0.5) is 24.7 Å². The number of morpholine rings is 1. The van der Waals surface area contributed by atoms with Gasteiger partial charge in [-0.2, -0.15) is 17.5 Å². The molecule has 1 N–H and O–H groups in total. The Morgan fingerprint density at radius 1 is 1.13 bits per heavy atom. The summed E-state index contributed by atoms with van der Waals surface area (Å²) in [7, 11) is -3.72. The van der Waals surface area contributed by atoms with E-state index in [1.807, 2.05) is 11.8 Å². The van der Waals surface area contributed by atoms with Gasteiger partial charge in [0.1, 0.15) is 11.9 Å². The van der Waals surface area contributed by atoms with Crippen molar-refractivity contribution < 1.29 is 26.3 Å².